The highest BCUT2D eigenvalue weighted by atomic mass is 16.4. The predicted molar refractivity (Wildman–Crippen MR) is 70.1 cm³/mol. The largest absolute Gasteiger partial charge is 0.463 e. The van der Waals surface area contributed by atoms with Crippen LogP contribution in [0.5, 0.6) is 0 Å². The Morgan fingerprint density at radius 3 is 2.50 bits per heavy atom. The van der Waals surface area contributed by atoms with E-state index in [0.717, 1.165) is 18.6 Å². The molecule has 0 unspecified atom stereocenters. The lowest BCUT2D eigenvalue weighted by Gasteiger charge is -2.22. The standard InChI is InChI=1S/C14H23NO3/c1-5-11(6-2)13(16)15-9-14(4,17)12-8-7-10(3)18-12/h7-8,11,17H,5-6,9H2,1-4H3,(H,15,16)/t14-/m1/s1. The third-order valence-electron chi connectivity index (χ3n) is 3.23. The quantitative estimate of drug-likeness (QED) is 0.818. The zero-order valence-electron chi connectivity index (χ0n) is 11.6. The van der Waals surface area contributed by atoms with Crippen molar-refractivity contribution in [1.82, 2.24) is 5.32 Å². The minimum Gasteiger partial charge on any atom is -0.463 e. The van der Waals surface area contributed by atoms with Crippen LogP contribution in [0, 0.1) is 12.8 Å². The number of amides is 1. The van der Waals surface area contributed by atoms with Crippen LogP contribution in [0.2, 0.25) is 0 Å². The van der Waals surface area contributed by atoms with Crippen molar-refractivity contribution in [3.8, 4) is 0 Å². The van der Waals surface area contributed by atoms with Crippen molar-refractivity contribution in [2.24, 2.45) is 5.92 Å². The van der Waals surface area contributed by atoms with E-state index >= 15 is 0 Å². The number of furan rings is 1. The van der Waals surface area contributed by atoms with Gasteiger partial charge in [-0.05, 0) is 38.8 Å². The predicted octanol–water partition coefficient (Wildman–Crippen LogP) is 2.35. The highest BCUT2D eigenvalue weighted by Gasteiger charge is 2.28. The van der Waals surface area contributed by atoms with Gasteiger partial charge in [-0.25, -0.2) is 0 Å². The first-order valence-electron chi connectivity index (χ1n) is 6.47. The Morgan fingerprint density at radius 1 is 1.44 bits per heavy atom. The van der Waals surface area contributed by atoms with Crippen molar-refractivity contribution >= 4 is 5.91 Å². The maximum atomic E-state index is 11.8. The molecule has 0 bridgehead atoms. The monoisotopic (exact) mass is 253 g/mol. The summed E-state index contributed by atoms with van der Waals surface area (Å²) in [7, 11) is 0. The maximum absolute atomic E-state index is 11.8. The fourth-order valence-corrected chi connectivity index (χ4v) is 1.87. The SMILES string of the molecule is CCC(CC)C(=O)NC[C@@](C)(O)c1ccc(C)o1. The molecule has 4 heteroatoms. The molecular weight excluding hydrogens is 230 g/mol. The normalized spacial score (nSPS) is 14.6. The van der Waals surface area contributed by atoms with Crippen LogP contribution in [0.1, 0.15) is 45.1 Å². The molecule has 18 heavy (non-hydrogen) atoms. The van der Waals surface area contributed by atoms with Crippen molar-refractivity contribution < 1.29 is 14.3 Å². The molecule has 1 heterocycles. The highest BCUT2D eigenvalue weighted by molar-refractivity contribution is 5.78. The van der Waals surface area contributed by atoms with Gasteiger partial charge in [0.05, 0.1) is 6.54 Å². The van der Waals surface area contributed by atoms with Crippen LogP contribution in [0.15, 0.2) is 16.5 Å². The van der Waals surface area contributed by atoms with E-state index in [1.165, 1.54) is 0 Å². The van der Waals surface area contributed by atoms with E-state index in [1.54, 1.807) is 19.1 Å². The van der Waals surface area contributed by atoms with E-state index in [2.05, 4.69) is 5.32 Å². The zero-order valence-corrected chi connectivity index (χ0v) is 11.6. The molecule has 0 saturated carbocycles. The van der Waals surface area contributed by atoms with E-state index in [4.69, 9.17) is 4.42 Å². The molecule has 1 atom stereocenters. The minimum absolute atomic E-state index is 0.0106. The topological polar surface area (TPSA) is 62.5 Å². The number of carbonyl (C=O) groups excluding carboxylic acids is 1. The summed E-state index contributed by atoms with van der Waals surface area (Å²) in [5.41, 5.74) is -1.17. The second-order valence-corrected chi connectivity index (χ2v) is 4.92. The molecule has 1 rings (SSSR count). The maximum Gasteiger partial charge on any atom is 0.223 e. The van der Waals surface area contributed by atoms with Gasteiger partial charge in [-0.15, -0.1) is 0 Å². The van der Waals surface area contributed by atoms with Crippen LogP contribution < -0.4 is 5.32 Å². The van der Waals surface area contributed by atoms with Crippen LogP contribution in [-0.2, 0) is 10.4 Å². The third kappa shape index (κ3) is 3.60. The van der Waals surface area contributed by atoms with E-state index < -0.39 is 5.60 Å². The Labute approximate surface area is 108 Å². The van der Waals surface area contributed by atoms with Crippen LogP contribution in [-0.4, -0.2) is 17.6 Å². The summed E-state index contributed by atoms with van der Waals surface area (Å²) in [6.07, 6.45) is 1.62. The van der Waals surface area contributed by atoms with Gasteiger partial charge in [-0.1, -0.05) is 13.8 Å². The molecule has 1 amide bonds. The second kappa shape index (κ2) is 6.05. The van der Waals surface area contributed by atoms with Crippen LogP contribution in [0.25, 0.3) is 0 Å². The molecule has 4 nitrogen and oxygen atoms in total. The summed E-state index contributed by atoms with van der Waals surface area (Å²) < 4.78 is 5.39. The zero-order chi connectivity index (χ0) is 13.8. The number of hydrogen-bond acceptors (Lipinski definition) is 3. The van der Waals surface area contributed by atoms with E-state index in [9.17, 15) is 9.90 Å². The number of aryl methyl sites for hydroxylation is 1. The molecule has 0 radical (unpaired) electrons. The first-order valence-corrected chi connectivity index (χ1v) is 6.47. The van der Waals surface area contributed by atoms with Gasteiger partial charge in [0.1, 0.15) is 17.1 Å². The van der Waals surface area contributed by atoms with Crippen LogP contribution >= 0.6 is 0 Å². The van der Waals surface area contributed by atoms with E-state index in [1.807, 2.05) is 20.8 Å². The average molecular weight is 253 g/mol. The molecular formula is C14H23NO3. The molecule has 0 aliphatic heterocycles. The van der Waals surface area contributed by atoms with Gasteiger partial charge in [0.2, 0.25) is 5.91 Å². The first kappa shape index (κ1) is 14.8. The summed E-state index contributed by atoms with van der Waals surface area (Å²) in [6.45, 7) is 7.60. The Kier molecular flexibility index (Phi) is 4.96. The summed E-state index contributed by atoms with van der Waals surface area (Å²) in [4.78, 5) is 11.8. The Hall–Kier alpha value is -1.29. The molecule has 0 aliphatic carbocycles. The van der Waals surface area contributed by atoms with Gasteiger partial charge >= 0.3 is 0 Å². The van der Waals surface area contributed by atoms with Gasteiger partial charge in [-0.2, -0.15) is 0 Å². The fourth-order valence-electron chi connectivity index (χ4n) is 1.87. The lowest BCUT2D eigenvalue weighted by Crippen LogP contribution is -2.40. The average Bonchev–Trinajstić information content (AvgIpc) is 2.76. The second-order valence-electron chi connectivity index (χ2n) is 4.92. The van der Waals surface area contributed by atoms with E-state index in [-0.39, 0.29) is 18.4 Å². The summed E-state index contributed by atoms with van der Waals surface area (Å²) in [6, 6.07) is 3.53. The van der Waals surface area contributed by atoms with Gasteiger partial charge in [0.25, 0.3) is 0 Å². The number of aliphatic hydroxyl groups is 1. The Morgan fingerprint density at radius 2 is 2.06 bits per heavy atom. The molecule has 2 N–H and O–H groups in total. The first-order chi connectivity index (χ1) is 8.40. The number of nitrogens with one attached hydrogen (secondary N) is 1. The Balaban J connectivity index is 2.59. The van der Waals surface area contributed by atoms with E-state index in [0.29, 0.717) is 5.76 Å². The third-order valence-corrected chi connectivity index (χ3v) is 3.23. The van der Waals surface area contributed by atoms with Crippen molar-refractivity contribution in [2.45, 2.75) is 46.1 Å². The molecule has 1 aromatic rings. The molecule has 0 fully saturated rings. The van der Waals surface area contributed by atoms with Gasteiger partial charge in [-0.3, -0.25) is 4.79 Å². The lowest BCUT2D eigenvalue weighted by atomic mass is 10.0. The van der Waals surface area contributed by atoms with Gasteiger partial charge < -0.3 is 14.8 Å². The van der Waals surface area contributed by atoms with Gasteiger partial charge in [0, 0.05) is 5.92 Å². The lowest BCUT2D eigenvalue weighted by molar-refractivity contribution is -0.126. The van der Waals surface area contributed by atoms with Crippen molar-refractivity contribution in [3.63, 3.8) is 0 Å². The smallest absolute Gasteiger partial charge is 0.223 e. The van der Waals surface area contributed by atoms with Crippen LogP contribution in [0.3, 0.4) is 0 Å². The summed E-state index contributed by atoms with van der Waals surface area (Å²) in [5, 5.41) is 13.1. The van der Waals surface area contributed by atoms with Crippen molar-refractivity contribution in [3.05, 3.63) is 23.7 Å². The van der Waals surface area contributed by atoms with Crippen molar-refractivity contribution in [1.29, 1.82) is 0 Å². The van der Waals surface area contributed by atoms with Gasteiger partial charge in [0.15, 0.2) is 0 Å². The van der Waals surface area contributed by atoms with Crippen molar-refractivity contribution in [2.75, 3.05) is 6.54 Å². The Bertz CT molecular complexity index is 391. The highest BCUT2D eigenvalue weighted by Crippen LogP contribution is 2.22. The molecule has 0 aromatic carbocycles. The molecule has 0 aliphatic rings. The summed E-state index contributed by atoms with van der Waals surface area (Å²) >= 11 is 0. The number of hydrogen-bond donors (Lipinski definition) is 2. The minimum atomic E-state index is -1.17. The molecule has 102 valence electrons. The van der Waals surface area contributed by atoms with Crippen LogP contribution in [0.4, 0.5) is 0 Å². The molecule has 0 saturated heterocycles. The molecule has 0 spiro atoms. The number of carbonyl (C=O) groups is 1. The summed E-state index contributed by atoms with van der Waals surface area (Å²) in [5.74, 6) is 1.23. The fraction of sp³-hybridized carbons (Fsp3) is 0.643. The number of rotatable bonds is 6. The molecule has 1 aromatic heterocycles.